The van der Waals surface area contributed by atoms with Gasteiger partial charge >= 0.3 is 0 Å². The molecule has 1 unspecified atom stereocenters. The second-order valence-electron chi connectivity index (χ2n) is 3.55. The van der Waals surface area contributed by atoms with Crippen molar-refractivity contribution in [2.45, 2.75) is 19.1 Å². The Hall–Kier alpha value is -1.02. The number of rotatable bonds is 8. The van der Waals surface area contributed by atoms with Crippen molar-refractivity contribution in [2.24, 2.45) is 0 Å². The molecule has 0 spiro atoms. The smallest absolute Gasteiger partial charge is 0.231 e. The van der Waals surface area contributed by atoms with Gasteiger partial charge in [0.25, 0.3) is 0 Å². The molecule has 1 heterocycles. The van der Waals surface area contributed by atoms with Crippen molar-refractivity contribution in [2.75, 3.05) is 33.0 Å². The Labute approximate surface area is 98.9 Å². The zero-order chi connectivity index (χ0) is 12.7. The van der Waals surface area contributed by atoms with Gasteiger partial charge in [0.1, 0.15) is 0 Å². The summed E-state index contributed by atoms with van der Waals surface area (Å²) < 4.78 is 9.98. The van der Waals surface area contributed by atoms with Crippen molar-refractivity contribution >= 4 is 11.8 Å². The van der Waals surface area contributed by atoms with Crippen LogP contribution in [0.5, 0.6) is 0 Å². The minimum atomic E-state index is -1.23. The van der Waals surface area contributed by atoms with Crippen LogP contribution in [0.3, 0.4) is 0 Å². The van der Waals surface area contributed by atoms with Gasteiger partial charge in [-0.05, 0) is 0 Å². The zero-order valence-electron chi connectivity index (χ0n) is 9.50. The number of ether oxygens (including phenoxy) is 2. The second-order valence-corrected chi connectivity index (χ2v) is 3.55. The SMILES string of the molecule is O=C1CCC(=O)N1C(O)COCCOCCO. The topological polar surface area (TPSA) is 96.3 Å². The zero-order valence-corrected chi connectivity index (χ0v) is 9.50. The number of hydrogen-bond donors (Lipinski definition) is 2. The molecule has 7 heteroatoms. The van der Waals surface area contributed by atoms with Gasteiger partial charge in [-0.25, -0.2) is 0 Å². The summed E-state index contributed by atoms with van der Waals surface area (Å²) >= 11 is 0. The van der Waals surface area contributed by atoms with E-state index in [0.717, 1.165) is 4.90 Å². The van der Waals surface area contributed by atoms with E-state index in [4.69, 9.17) is 14.6 Å². The quantitative estimate of drug-likeness (QED) is 0.399. The summed E-state index contributed by atoms with van der Waals surface area (Å²) in [5, 5.41) is 18.0. The molecule has 17 heavy (non-hydrogen) atoms. The summed E-state index contributed by atoms with van der Waals surface area (Å²) in [7, 11) is 0. The lowest BCUT2D eigenvalue weighted by Gasteiger charge is -2.20. The minimum absolute atomic E-state index is 0.0561. The first-order chi connectivity index (χ1) is 8.16. The van der Waals surface area contributed by atoms with Crippen LogP contribution >= 0.6 is 0 Å². The molecule has 0 aromatic rings. The minimum Gasteiger partial charge on any atom is -0.394 e. The molecular weight excluding hydrogens is 230 g/mol. The van der Waals surface area contributed by atoms with E-state index in [-0.39, 0.29) is 57.7 Å². The number of aliphatic hydroxyl groups excluding tert-OH is 2. The monoisotopic (exact) mass is 247 g/mol. The number of imide groups is 1. The highest BCUT2D eigenvalue weighted by molar-refractivity contribution is 6.02. The average molecular weight is 247 g/mol. The Kier molecular flexibility index (Phi) is 6.06. The van der Waals surface area contributed by atoms with Crippen molar-refractivity contribution in [3.8, 4) is 0 Å². The normalized spacial score (nSPS) is 17.9. The fourth-order valence-corrected chi connectivity index (χ4v) is 1.47. The van der Waals surface area contributed by atoms with Gasteiger partial charge < -0.3 is 19.7 Å². The fraction of sp³-hybridized carbons (Fsp3) is 0.800. The number of hydrogen-bond acceptors (Lipinski definition) is 6. The van der Waals surface area contributed by atoms with Crippen LogP contribution in [0.4, 0.5) is 0 Å². The lowest BCUT2D eigenvalue weighted by Crippen LogP contribution is -2.42. The lowest BCUT2D eigenvalue weighted by atomic mass is 10.4. The maximum absolute atomic E-state index is 11.2. The Morgan fingerprint density at radius 3 is 2.29 bits per heavy atom. The first-order valence-corrected chi connectivity index (χ1v) is 5.46. The van der Waals surface area contributed by atoms with E-state index in [1.54, 1.807) is 0 Å². The second kappa shape index (κ2) is 7.33. The molecule has 98 valence electrons. The van der Waals surface area contributed by atoms with Crippen LogP contribution in [0.2, 0.25) is 0 Å². The lowest BCUT2D eigenvalue weighted by molar-refractivity contribution is -0.153. The molecule has 7 nitrogen and oxygen atoms in total. The van der Waals surface area contributed by atoms with Crippen LogP contribution in [-0.4, -0.2) is 66.2 Å². The summed E-state index contributed by atoms with van der Waals surface area (Å²) in [4.78, 5) is 23.3. The van der Waals surface area contributed by atoms with Crippen LogP contribution in [0.15, 0.2) is 0 Å². The van der Waals surface area contributed by atoms with Gasteiger partial charge in [-0.1, -0.05) is 0 Å². The Bertz CT molecular complexity index is 254. The number of carbonyl (C=O) groups is 2. The van der Waals surface area contributed by atoms with E-state index < -0.39 is 6.23 Å². The summed E-state index contributed by atoms with van der Waals surface area (Å²) in [5.41, 5.74) is 0. The maximum Gasteiger partial charge on any atom is 0.231 e. The summed E-state index contributed by atoms with van der Waals surface area (Å²) in [6.07, 6.45) is -0.930. The average Bonchev–Trinajstić information content (AvgIpc) is 2.63. The molecule has 1 saturated heterocycles. The molecule has 0 aliphatic carbocycles. The Balaban J connectivity index is 2.14. The largest absolute Gasteiger partial charge is 0.394 e. The molecule has 1 rings (SSSR count). The molecule has 0 radical (unpaired) electrons. The highest BCUT2D eigenvalue weighted by Gasteiger charge is 2.33. The van der Waals surface area contributed by atoms with E-state index in [1.165, 1.54) is 0 Å². The van der Waals surface area contributed by atoms with Crippen LogP contribution < -0.4 is 0 Å². The fourth-order valence-electron chi connectivity index (χ4n) is 1.47. The third kappa shape index (κ3) is 4.39. The van der Waals surface area contributed by atoms with Crippen molar-refractivity contribution in [3.63, 3.8) is 0 Å². The molecule has 1 aliphatic heterocycles. The van der Waals surface area contributed by atoms with E-state index in [2.05, 4.69) is 0 Å². The Morgan fingerprint density at radius 1 is 1.12 bits per heavy atom. The highest BCUT2D eigenvalue weighted by Crippen LogP contribution is 2.14. The first kappa shape index (κ1) is 14.0. The molecular formula is C10H17NO6. The molecule has 0 aromatic heterocycles. The molecule has 0 saturated carbocycles. The van der Waals surface area contributed by atoms with Crippen LogP contribution in [0.25, 0.3) is 0 Å². The standard InChI is InChI=1S/C10H17NO6/c12-3-4-16-5-6-17-7-10(15)11-8(13)1-2-9(11)14/h10,12,15H,1-7H2. The highest BCUT2D eigenvalue weighted by atomic mass is 16.5. The molecule has 2 amide bonds. The summed E-state index contributed by atoms with van der Waals surface area (Å²) in [5.74, 6) is -0.745. The first-order valence-electron chi connectivity index (χ1n) is 5.46. The van der Waals surface area contributed by atoms with E-state index in [0.29, 0.717) is 0 Å². The summed E-state index contributed by atoms with van der Waals surface area (Å²) in [6, 6.07) is 0. The van der Waals surface area contributed by atoms with Gasteiger partial charge in [0, 0.05) is 12.8 Å². The number of nitrogens with zero attached hydrogens (tertiary/aromatic N) is 1. The molecule has 1 atom stereocenters. The third-order valence-electron chi connectivity index (χ3n) is 2.26. The third-order valence-corrected chi connectivity index (χ3v) is 2.26. The number of aliphatic hydroxyl groups is 2. The predicted octanol–water partition coefficient (Wildman–Crippen LogP) is -1.52. The van der Waals surface area contributed by atoms with E-state index in [1.807, 2.05) is 0 Å². The predicted molar refractivity (Wildman–Crippen MR) is 55.8 cm³/mol. The summed E-state index contributed by atoms with van der Waals surface area (Å²) in [6.45, 7) is 0.566. The number of likely N-dealkylation sites (tertiary alicyclic amines) is 1. The van der Waals surface area contributed by atoms with Crippen LogP contribution in [-0.2, 0) is 19.1 Å². The maximum atomic E-state index is 11.2. The van der Waals surface area contributed by atoms with Gasteiger partial charge in [0.05, 0.1) is 33.0 Å². The van der Waals surface area contributed by atoms with E-state index in [9.17, 15) is 14.7 Å². The van der Waals surface area contributed by atoms with Crippen molar-refractivity contribution in [1.82, 2.24) is 4.90 Å². The van der Waals surface area contributed by atoms with Crippen LogP contribution in [0.1, 0.15) is 12.8 Å². The molecule has 1 fully saturated rings. The van der Waals surface area contributed by atoms with Crippen molar-refractivity contribution in [3.05, 3.63) is 0 Å². The van der Waals surface area contributed by atoms with Gasteiger partial charge in [-0.15, -0.1) is 0 Å². The van der Waals surface area contributed by atoms with Crippen LogP contribution in [0, 0.1) is 0 Å². The molecule has 0 aromatic carbocycles. The molecule has 0 bridgehead atoms. The van der Waals surface area contributed by atoms with Crippen molar-refractivity contribution < 1.29 is 29.3 Å². The van der Waals surface area contributed by atoms with Crippen molar-refractivity contribution in [1.29, 1.82) is 0 Å². The number of carbonyl (C=O) groups excluding carboxylic acids is 2. The molecule has 2 N–H and O–H groups in total. The van der Waals surface area contributed by atoms with Gasteiger partial charge in [-0.2, -0.15) is 0 Å². The Morgan fingerprint density at radius 2 is 1.71 bits per heavy atom. The van der Waals surface area contributed by atoms with Gasteiger partial charge in [-0.3, -0.25) is 14.5 Å². The van der Waals surface area contributed by atoms with E-state index >= 15 is 0 Å². The number of amides is 2. The van der Waals surface area contributed by atoms with Gasteiger partial charge in [0.2, 0.25) is 11.8 Å². The molecule has 1 aliphatic rings. The van der Waals surface area contributed by atoms with Gasteiger partial charge in [0.15, 0.2) is 6.23 Å².